The van der Waals surface area contributed by atoms with Crippen molar-refractivity contribution in [1.82, 2.24) is 5.32 Å². The van der Waals surface area contributed by atoms with Crippen molar-refractivity contribution in [1.29, 1.82) is 0 Å². The van der Waals surface area contributed by atoms with Crippen molar-refractivity contribution in [3.05, 3.63) is 0 Å². The van der Waals surface area contributed by atoms with E-state index < -0.39 is 0 Å². The van der Waals surface area contributed by atoms with E-state index in [2.05, 4.69) is 33.0 Å². The Morgan fingerprint density at radius 3 is 2.47 bits per heavy atom. The van der Waals surface area contributed by atoms with Gasteiger partial charge in [0.2, 0.25) is 0 Å². The summed E-state index contributed by atoms with van der Waals surface area (Å²) < 4.78 is 0. The molecule has 0 spiro atoms. The standard InChI is InChI=1S/C13H27NO/c1-5-7-12(4)10-13(15)8-6-9-14-11(2)3/h11-12,14H,5-10H2,1-4H3. The van der Waals surface area contributed by atoms with Crippen molar-refractivity contribution in [3.8, 4) is 0 Å². The molecule has 1 unspecified atom stereocenters. The van der Waals surface area contributed by atoms with E-state index in [1.54, 1.807) is 0 Å². The van der Waals surface area contributed by atoms with Crippen LogP contribution in [-0.4, -0.2) is 18.4 Å². The molecule has 15 heavy (non-hydrogen) atoms. The van der Waals surface area contributed by atoms with Crippen LogP contribution in [0.25, 0.3) is 0 Å². The molecule has 2 heteroatoms. The van der Waals surface area contributed by atoms with E-state index in [1.807, 2.05) is 0 Å². The third-order valence-electron chi connectivity index (χ3n) is 2.54. The average molecular weight is 213 g/mol. The van der Waals surface area contributed by atoms with Crippen molar-refractivity contribution in [2.45, 2.75) is 65.8 Å². The van der Waals surface area contributed by atoms with Gasteiger partial charge in [0.1, 0.15) is 5.78 Å². The Kier molecular flexibility index (Phi) is 8.68. The molecule has 0 bridgehead atoms. The molecule has 0 amide bonds. The van der Waals surface area contributed by atoms with Crippen LogP contribution in [0, 0.1) is 5.92 Å². The van der Waals surface area contributed by atoms with Gasteiger partial charge < -0.3 is 5.32 Å². The second-order valence-corrected chi connectivity index (χ2v) is 4.85. The predicted molar refractivity (Wildman–Crippen MR) is 66.1 cm³/mol. The van der Waals surface area contributed by atoms with E-state index in [9.17, 15) is 4.79 Å². The smallest absolute Gasteiger partial charge is 0.133 e. The Hall–Kier alpha value is -0.370. The molecule has 0 heterocycles. The van der Waals surface area contributed by atoms with Gasteiger partial charge in [-0.05, 0) is 18.9 Å². The molecule has 0 saturated carbocycles. The van der Waals surface area contributed by atoms with Gasteiger partial charge in [-0.3, -0.25) is 4.79 Å². The summed E-state index contributed by atoms with van der Waals surface area (Å²) in [5.74, 6) is 1.00. The monoisotopic (exact) mass is 213 g/mol. The first kappa shape index (κ1) is 14.6. The molecule has 90 valence electrons. The van der Waals surface area contributed by atoms with Crippen LogP contribution >= 0.6 is 0 Å². The van der Waals surface area contributed by atoms with Crippen molar-refractivity contribution >= 4 is 5.78 Å². The van der Waals surface area contributed by atoms with Crippen molar-refractivity contribution in [2.24, 2.45) is 5.92 Å². The second-order valence-electron chi connectivity index (χ2n) is 4.85. The summed E-state index contributed by atoms with van der Waals surface area (Å²) >= 11 is 0. The number of rotatable bonds is 9. The molecule has 2 nitrogen and oxygen atoms in total. The average Bonchev–Trinajstić information content (AvgIpc) is 2.12. The topological polar surface area (TPSA) is 29.1 Å². The molecule has 0 radical (unpaired) electrons. The van der Waals surface area contributed by atoms with Gasteiger partial charge in [-0.25, -0.2) is 0 Å². The number of carbonyl (C=O) groups is 1. The van der Waals surface area contributed by atoms with Crippen LogP contribution in [0.5, 0.6) is 0 Å². The molecule has 1 atom stereocenters. The Labute approximate surface area is 94.8 Å². The van der Waals surface area contributed by atoms with Crippen LogP contribution in [0.1, 0.15) is 59.8 Å². The lowest BCUT2D eigenvalue weighted by molar-refractivity contribution is -0.120. The van der Waals surface area contributed by atoms with Gasteiger partial charge in [-0.2, -0.15) is 0 Å². The molecule has 0 aromatic rings. The van der Waals surface area contributed by atoms with Crippen LogP contribution in [0.3, 0.4) is 0 Å². The molecule has 0 aliphatic heterocycles. The molecule has 0 rings (SSSR count). The zero-order valence-electron chi connectivity index (χ0n) is 10.8. The van der Waals surface area contributed by atoms with Crippen molar-refractivity contribution < 1.29 is 4.79 Å². The van der Waals surface area contributed by atoms with Crippen LogP contribution in [0.15, 0.2) is 0 Å². The highest BCUT2D eigenvalue weighted by atomic mass is 16.1. The minimum atomic E-state index is 0.432. The highest BCUT2D eigenvalue weighted by Crippen LogP contribution is 2.11. The minimum absolute atomic E-state index is 0.432. The molecule has 0 aliphatic rings. The molecular formula is C13H27NO. The maximum atomic E-state index is 11.5. The van der Waals surface area contributed by atoms with E-state index in [0.717, 1.165) is 25.8 Å². The lowest BCUT2D eigenvalue weighted by atomic mass is 9.98. The Morgan fingerprint density at radius 1 is 1.27 bits per heavy atom. The van der Waals surface area contributed by atoms with Crippen molar-refractivity contribution in [3.63, 3.8) is 0 Å². The molecular weight excluding hydrogens is 186 g/mol. The summed E-state index contributed by atoms with van der Waals surface area (Å²) in [6, 6.07) is 0.527. The fourth-order valence-electron chi connectivity index (χ4n) is 1.76. The van der Waals surface area contributed by atoms with Crippen LogP contribution in [0.2, 0.25) is 0 Å². The summed E-state index contributed by atoms with van der Waals surface area (Å²) in [5.41, 5.74) is 0. The fraction of sp³-hybridized carbons (Fsp3) is 0.923. The molecule has 0 aromatic carbocycles. The number of ketones is 1. The summed E-state index contributed by atoms with van der Waals surface area (Å²) in [6.45, 7) is 9.57. The Bertz CT molecular complexity index is 166. The fourth-order valence-corrected chi connectivity index (χ4v) is 1.76. The van der Waals surface area contributed by atoms with E-state index in [-0.39, 0.29) is 0 Å². The molecule has 0 fully saturated rings. The van der Waals surface area contributed by atoms with Gasteiger partial charge in [0.15, 0.2) is 0 Å². The lowest BCUT2D eigenvalue weighted by Gasteiger charge is -2.10. The largest absolute Gasteiger partial charge is 0.315 e. The normalized spacial score (nSPS) is 13.1. The van der Waals surface area contributed by atoms with E-state index in [4.69, 9.17) is 0 Å². The molecule has 0 saturated heterocycles. The SMILES string of the molecule is CCCC(C)CC(=O)CCCNC(C)C. The summed E-state index contributed by atoms with van der Waals surface area (Å²) in [6.07, 6.45) is 4.86. The first-order chi connectivity index (χ1) is 7.06. The van der Waals surface area contributed by atoms with Gasteiger partial charge in [-0.15, -0.1) is 0 Å². The highest BCUT2D eigenvalue weighted by Gasteiger charge is 2.07. The summed E-state index contributed by atoms with van der Waals surface area (Å²) in [7, 11) is 0. The number of nitrogens with one attached hydrogen (secondary N) is 1. The molecule has 0 aliphatic carbocycles. The quantitative estimate of drug-likeness (QED) is 0.596. The summed E-state index contributed by atoms with van der Waals surface area (Å²) in [5, 5.41) is 3.33. The van der Waals surface area contributed by atoms with Gasteiger partial charge in [0.05, 0.1) is 0 Å². The summed E-state index contributed by atoms with van der Waals surface area (Å²) in [4.78, 5) is 11.5. The second kappa shape index (κ2) is 8.90. The Morgan fingerprint density at radius 2 is 1.93 bits per heavy atom. The first-order valence-electron chi connectivity index (χ1n) is 6.31. The number of Topliss-reactive ketones (excluding diaryl/α,β-unsaturated/α-hetero) is 1. The van der Waals surface area contributed by atoms with Crippen LogP contribution < -0.4 is 5.32 Å². The third kappa shape index (κ3) is 9.92. The van der Waals surface area contributed by atoms with E-state index >= 15 is 0 Å². The molecule has 1 N–H and O–H groups in total. The van der Waals surface area contributed by atoms with E-state index in [0.29, 0.717) is 17.7 Å². The number of hydrogen-bond donors (Lipinski definition) is 1. The minimum Gasteiger partial charge on any atom is -0.315 e. The lowest BCUT2D eigenvalue weighted by Crippen LogP contribution is -2.24. The van der Waals surface area contributed by atoms with Crippen molar-refractivity contribution in [2.75, 3.05) is 6.54 Å². The van der Waals surface area contributed by atoms with Gasteiger partial charge in [-0.1, -0.05) is 40.5 Å². The highest BCUT2D eigenvalue weighted by molar-refractivity contribution is 5.78. The first-order valence-corrected chi connectivity index (χ1v) is 6.31. The van der Waals surface area contributed by atoms with Crippen LogP contribution in [-0.2, 0) is 4.79 Å². The third-order valence-corrected chi connectivity index (χ3v) is 2.54. The van der Waals surface area contributed by atoms with Gasteiger partial charge in [0.25, 0.3) is 0 Å². The predicted octanol–water partition coefficient (Wildman–Crippen LogP) is 3.16. The zero-order valence-corrected chi connectivity index (χ0v) is 10.8. The Balaban J connectivity index is 3.40. The molecule has 0 aromatic heterocycles. The maximum Gasteiger partial charge on any atom is 0.133 e. The number of hydrogen-bond acceptors (Lipinski definition) is 2. The van der Waals surface area contributed by atoms with E-state index in [1.165, 1.54) is 12.8 Å². The number of carbonyl (C=O) groups excluding carboxylic acids is 1. The van der Waals surface area contributed by atoms with Crippen LogP contribution in [0.4, 0.5) is 0 Å². The van der Waals surface area contributed by atoms with Gasteiger partial charge >= 0.3 is 0 Å². The van der Waals surface area contributed by atoms with Gasteiger partial charge in [0, 0.05) is 18.9 Å². The zero-order chi connectivity index (χ0) is 11.7. The maximum absolute atomic E-state index is 11.5.